The molecule has 122 valence electrons. The summed E-state index contributed by atoms with van der Waals surface area (Å²) in [6.45, 7) is 2.22. The number of hydrogen-bond acceptors (Lipinski definition) is 1. The second kappa shape index (κ2) is 9.14. The van der Waals surface area contributed by atoms with Crippen LogP contribution in [0.3, 0.4) is 0 Å². The molecule has 0 amide bonds. The van der Waals surface area contributed by atoms with Gasteiger partial charge in [0.25, 0.3) is 0 Å². The van der Waals surface area contributed by atoms with E-state index in [1.807, 2.05) is 30.3 Å². The number of carbonyl (C=O) groups is 1. The summed E-state index contributed by atoms with van der Waals surface area (Å²) in [5, 5.41) is 9.20. The van der Waals surface area contributed by atoms with Crippen LogP contribution in [0.4, 0.5) is 0 Å². The minimum absolute atomic E-state index is 0.0773. The highest BCUT2D eigenvalue weighted by molar-refractivity contribution is 5.76. The molecule has 0 aromatic heterocycles. The molecule has 0 aliphatic heterocycles. The molecular weight excluding hydrogens is 284 g/mol. The van der Waals surface area contributed by atoms with Crippen LogP contribution in [0.2, 0.25) is 0 Å². The summed E-state index contributed by atoms with van der Waals surface area (Å²) < 4.78 is 0. The van der Waals surface area contributed by atoms with Gasteiger partial charge in [-0.05, 0) is 35.1 Å². The number of unbranched alkanes of at least 4 members (excludes halogenated alkanes) is 4. The summed E-state index contributed by atoms with van der Waals surface area (Å²) in [6.07, 6.45) is 7.39. The number of aliphatic carboxylic acids is 1. The van der Waals surface area contributed by atoms with E-state index >= 15 is 0 Å². The van der Waals surface area contributed by atoms with Crippen LogP contribution in [0.25, 0.3) is 11.1 Å². The van der Waals surface area contributed by atoms with Crippen molar-refractivity contribution in [2.45, 2.75) is 51.9 Å². The predicted octanol–water partition coefficient (Wildman–Crippen LogP) is 5.49. The highest BCUT2D eigenvalue weighted by Gasteiger charge is 2.10. The van der Waals surface area contributed by atoms with Gasteiger partial charge in [0.2, 0.25) is 0 Å². The molecule has 0 radical (unpaired) electrons. The molecule has 0 atom stereocenters. The molecule has 0 unspecified atom stereocenters. The van der Waals surface area contributed by atoms with Crippen LogP contribution in [-0.4, -0.2) is 11.1 Å². The summed E-state index contributed by atoms with van der Waals surface area (Å²) in [7, 11) is 0. The molecule has 0 saturated carbocycles. The predicted molar refractivity (Wildman–Crippen MR) is 95.7 cm³/mol. The Morgan fingerprint density at radius 2 is 1.70 bits per heavy atom. The van der Waals surface area contributed by atoms with Crippen molar-refractivity contribution in [2.24, 2.45) is 0 Å². The molecule has 0 aliphatic rings. The van der Waals surface area contributed by atoms with E-state index < -0.39 is 5.97 Å². The summed E-state index contributed by atoms with van der Waals surface area (Å²) in [6, 6.07) is 16.3. The molecule has 23 heavy (non-hydrogen) atoms. The number of aryl methyl sites for hydroxylation is 1. The van der Waals surface area contributed by atoms with Gasteiger partial charge >= 0.3 is 5.97 Å². The van der Waals surface area contributed by atoms with E-state index in [2.05, 4.69) is 25.1 Å². The summed E-state index contributed by atoms with van der Waals surface area (Å²) in [5.74, 6) is -0.776. The molecule has 0 bridgehead atoms. The first-order valence-electron chi connectivity index (χ1n) is 8.59. The first-order valence-corrected chi connectivity index (χ1v) is 8.59. The third-order valence-electron chi connectivity index (χ3n) is 4.17. The third kappa shape index (κ3) is 5.55. The van der Waals surface area contributed by atoms with E-state index in [-0.39, 0.29) is 6.42 Å². The monoisotopic (exact) mass is 310 g/mol. The molecule has 1 N–H and O–H groups in total. The molecule has 2 heteroatoms. The van der Waals surface area contributed by atoms with Crippen molar-refractivity contribution in [2.75, 3.05) is 0 Å². The molecule has 2 nitrogen and oxygen atoms in total. The van der Waals surface area contributed by atoms with Gasteiger partial charge in [-0.1, -0.05) is 81.1 Å². The Morgan fingerprint density at radius 1 is 0.957 bits per heavy atom. The average Bonchev–Trinajstić information content (AvgIpc) is 2.55. The lowest BCUT2D eigenvalue weighted by Crippen LogP contribution is -2.03. The Balaban J connectivity index is 2.13. The van der Waals surface area contributed by atoms with Crippen molar-refractivity contribution in [1.29, 1.82) is 0 Å². The van der Waals surface area contributed by atoms with E-state index in [0.29, 0.717) is 0 Å². The van der Waals surface area contributed by atoms with Gasteiger partial charge in [0.05, 0.1) is 6.42 Å². The quantitative estimate of drug-likeness (QED) is 0.621. The molecule has 2 rings (SSSR count). The first kappa shape index (κ1) is 17.3. The number of carboxylic acids is 1. The maximum atomic E-state index is 11.2. The molecule has 0 aliphatic carbocycles. The van der Waals surface area contributed by atoms with Crippen LogP contribution >= 0.6 is 0 Å². The van der Waals surface area contributed by atoms with Gasteiger partial charge in [0, 0.05) is 0 Å². The normalized spacial score (nSPS) is 10.7. The summed E-state index contributed by atoms with van der Waals surface area (Å²) in [5.41, 5.74) is 4.27. The lowest BCUT2D eigenvalue weighted by atomic mass is 9.94. The van der Waals surface area contributed by atoms with Gasteiger partial charge < -0.3 is 5.11 Å². The van der Waals surface area contributed by atoms with Crippen molar-refractivity contribution in [3.8, 4) is 11.1 Å². The Labute approximate surface area is 139 Å². The molecule has 0 spiro atoms. The van der Waals surface area contributed by atoms with Crippen LogP contribution in [0.1, 0.15) is 50.2 Å². The van der Waals surface area contributed by atoms with Crippen molar-refractivity contribution in [3.63, 3.8) is 0 Å². The van der Waals surface area contributed by atoms with Crippen LogP contribution in [-0.2, 0) is 17.6 Å². The highest BCUT2D eigenvalue weighted by Crippen LogP contribution is 2.26. The highest BCUT2D eigenvalue weighted by atomic mass is 16.4. The number of rotatable bonds is 9. The zero-order valence-electron chi connectivity index (χ0n) is 13.9. The van der Waals surface area contributed by atoms with Gasteiger partial charge in [-0.25, -0.2) is 0 Å². The van der Waals surface area contributed by atoms with Gasteiger partial charge in [0.1, 0.15) is 0 Å². The minimum atomic E-state index is -0.776. The van der Waals surface area contributed by atoms with Gasteiger partial charge in [-0.3, -0.25) is 4.79 Å². The fourth-order valence-electron chi connectivity index (χ4n) is 2.94. The van der Waals surface area contributed by atoms with Crippen molar-refractivity contribution in [1.82, 2.24) is 0 Å². The lowest BCUT2D eigenvalue weighted by Gasteiger charge is -2.11. The zero-order valence-corrected chi connectivity index (χ0v) is 13.9. The maximum Gasteiger partial charge on any atom is 0.307 e. The van der Waals surface area contributed by atoms with Crippen molar-refractivity contribution >= 4 is 5.97 Å². The Bertz CT molecular complexity index is 617. The van der Waals surface area contributed by atoms with Gasteiger partial charge in [0.15, 0.2) is 0 Å². The van der Waals surface area contributed by atoms with E-state index in [0.717, 1.165) is 23.1 Å². The Morgan fingerprint density at radius 3 is 2.39 bits per heavy atom. The third-order valence-corrected chi connectivity index (χ3v) is 4.17. The van der Waals surface area contributed by atoms with Crippen LogP contribution in [0, 0.1) is 0 Å². The number of benzene rings is 2. The smallest absolute Gasteiger partial charge is 0.307 e. The lowest BCUT2D eigenvalue weighted by molar-refractivity contribution is -0.136. The molecule has 2 aromatic rings. The van der Waals surface area contributed by atoms with Crippen molar-refractivity contribution in [3.05, 3.63) is 59.7 Å². The molecule has 0 saturated heterocycles. The van der Waals surface area contributed by atoms with Crippen molar-refractivity contribution < 1.29 is 9.90 Å². The fourth-order valence-corrected chi connectivity index (χ4v) is 2.94. The largest absolute Gasteiger partial charge is 0.481 e. The standard InChI is InChI=1S/C21H26O2/c1-2-3-4-5-7-10-17-13-14-20(18-11-8-6-9-12-18)19(15-17)16-21(22)23/h6,8-9,11-15H,2-5,7,10,16H2,1H3,(H,22,23). The SMILES string of the molecule is CCCCCCCc1ccc(-c2ccccc2)c(CC(=O)O)c1. The van der Waals surface area contributed by atoms with Crippen LogP contribution in [0.15, 0.2) is 48.5 Å². The second-order valence-corrected chi connectivity index (χ2v) is 6.09. The molecular formula is C21H26O2. The number of hydrogen-bond donors (Lipinski definition) is 1. The second-order valence-electron chi connectivity index (χ2n) is 6.09. The van der Waals surface area contributed by atoms with E-state index in [1.54, 1.807) is 0 Å². The molecule has 0 fully saturated rings. The average molecular weight is 310 g/mol. The van der Waals surface area contributed by atoms with Crippen LogP contribution in [0.5, 0.6) is 0 Å². The van der Waals surface area contributed by atoms with E-state index in [1.165, 1.54) is 37.7 Å². The van der Waals surface area contributed by atoms with E-state index in [4.69, 9.17) is 0 Å². The molecule has 0 heterocycles. The van der Waals surface area contributed by atoms with E-state index in [9.17, 15) is 9.90 Å². The van der Waals surface area contributed by atoms with Crippen LogP contribution < -0.4 is 0 Å². The maximum absolute atomic E-state index is 11.2. The zero-order chi connectivity index (χ0) is 16.5. The number of carboxylic acid groups (broad SMARTS) is 1. The first-order chi connectivity index (χ1) is 11.2. The van der Waals surface area contributed by atoms with Gasteiger partial charge in [-0.2, -0.15) is 0 Å². The van der Waals surface area contributed by atoms with Gasteiger partial charge in [-0.15, -0.1) is 0 Å². The summed E-state index contributed by atoms with van der Waals surface area (Å²) in [4.78, 5) is 11.2. The Kier molecular flexibility index (Phi) is 6.86. The fraction of sp³-hybridized carbons (Fsp3) is 0.381. The minimum Gasteiger partial charge on any atom is -0.481 e. The topological polar surface area (TPSA) is 37.3 Å². The summed E-state index contributed by atoms with van der Waals surface area (Å²) >= 11 is 0. The Hall–Kier alpha value is -2.09. The molecule has 2 aromatic carbocycles.